The second-order valence-corrected chi connectivity index (χ2v) is 8.37. The summed E-state index contributed by atoms with van der Waals surface area (Å²) in [5, 5.41) is 14.7. The molecule has 0 bridgehead atoms. The van der Waals surface area contributed by atoms with E-state index < -0.39 is 6.10 Å². The zero-order valence-electron chi connectivity index (χ0n) is 16.0. The molecule has 4 rings (SSSR count). The van der Waals surface area contributed by atoms with Crippen molar-refractivity contribution in [3.8, 4) is 0 Å². The number of nitrogens with zero attached hydrogens (tertiary/aromatic N) is 4. The van der Waals surface area contributed by atoms with Crippen LogP contribution in [0.4, 0.5) is 0 Å². The molecular weight excluding hydrogens is 340 g/mol. The standard InChI is InChI=1S/C21H28N4O2/c1-14(2)16-5-3-15(4-6-16)7-21(27)24-10-17-8-19(25-13-22-12-23-25)20(26)9-18(17)11-24/h3-6,12-14,17-20,26H,7-11H2,1-2H3/t17-,18+,19-,20-/m1/s1. The van der Waals surface area contributed by atoms with Crippen molar-refractivity contribution in [1.29, 1.82) is 0 Å². The maximum absolute atomic E-state index is 12.8. The summed E-state index contributed by atoms with van der Waals surface area (Å²) in [5.74, 6) is 1.50. The van der Waals surface area contributed by atoms with E-state index in [-0.39, 0.29) is 11.9 Å². The molecule has 2 fully saturated rings. The molecule has 2 aromatic rings. The van der Waals surface area contributed by atoms with Gasteiger partial charge >= 0.3 is 0 Å². The number of fused-ring (bicyclic) bond motifs is 1. The lowest BCUT2D eigenvalue weighted by molar-refractivity contribution is -0.129. The fraction of sp³-hybridized carbons (Fsp3) is 0.571. The molecule has 1 saturated carbocycles. The van der Waals surface area contributed by atoms with Crippen molar-refractivity contribution in [3.05, 3.63) is 48.0 Å². The van der Waals surface area contributed by atoms with Crippen LogP contribution < -0.4 is 0 Å². The lowest BCUT2D eigenvalue weighted by Crippen LogP contribution is -2.36. The first-order chi connectivity index (χ1) is 13.0. The van der Waals surface area contributed by atoms with Crippen LogP contribution in [0, 0.1) is 11.8 Å². The molecule has 1 aromatic heterocycles. The van der Waals surface area contributed by atoms with E-state index in [1.807, 2.05) is 4.90 Å². The number of aliphatic hydroxyl groups is 1. The Morgan fingerprint density at radius 2 is 1.89 bits per heavy atom. The van der Waals surface area contributed by atoms with E-state index in [4.69, 9.17) is 0 Å². The van der Waals surface area contributed by atoms with E-state index in [1.54, 1.807) is 11.0 Å². The van der Waals surface area contributed by atoms with Crippen LogP contribution in [0.2, 0.25) is 0 Å². The Labute approximate surface area is 160 Å². The highest BCUT2D eigenvalue weighted by Crippen LogP contribution is 2.41. The Morgan fingerprint density at radius 3 is 2.52 bits per heavy atom. The Hall–Kier alpha value is -2.21. The summed E-state index contributed by atoms with van der Waals surface area (Å²) < 4.78 is 1.77. The van der Waals surface area contributed by atoms with E-state index in [2.05, 4.69) is 48.2 Å². The van der Waals surface area contributed by atoms with Gasteiger partial charge < -0.3 is 10.0 Å². The molecule has 27 heavy (non-hydrogen) atoms. The van der Waals surface area contributed by atoms with Gasteiger partial charge in [0.25, 0.3) is 0 Å². The van der Waals surface area contributed by atoms with Gasteiger partial charge in [-0.2, -0.15) is 5.10 Å². The van der Waals surface area contributed by atoms with Crippen LogP contribution in [0.1, 0.15) is 49.8 Å². The lowest BCUT2D eigenvalue weighted by atomic mass is 9.77. The van der Waals surface area contributed by atoms with Crippen LogP contribution in [0.25, 0.3) is 0 Å². The number of carbonyl (C=O) groups excluding carboxylic acids is 1. The summed E-state index contributed by atoms with van der Waals surface area (Å²) in [6.45, 7) is 5.89. The molecule has 4 atom stereocenters. The second kappa shape index (κ2) is 7.43. The molecular formula is C21H28N4O2. The lowest BCUT2D eigenvalue weighted by Gasteiger charge is -2.34. The average molecular weight is 368 g/mol. The predicted molar refractivity (Wildman–Crippen MR) is 102 cm³/mol. The first-order valence-electron chi connectivity index (χ1n) is 9.90. The maximum atomic E-state index is 12.8. The number of aliphatic hydroxyl groups excluding tert-OH is 1. The molecule has 1 N–H and O–H groups in total. The molecule has 6 nitrogen and oxygen atoms in total. The second-order valence-electron chi connectivity index (χ2n) is 8.37. The number of carbonyl (C=O) groups is 1. The summed E-state index contributed by atoms with van der Waals surface area (Å²) in [6, 6.07) is 8.35. The van der Waals surface area contributed by atoms with Gasteiger partial charge in [-0.3, -0.25) is 4.79 Å². The first-order valence-corrected chi connectivity index (χ1v) is 9.90. The van der Waals surface area contributed by atoms with Gasteiger partial charge in [-0.25, -0.2) is 9.67 Å². The quantitative estimate of drug-likeness (QED) is 0.900. The molecule has 2 aliphatic rings. The zero-order chi connectivity index (χ0) is 19.0. The highest BCUT2D eigenvalue weighted by atomic mass is 16.3. The smallest absolute Gasteiger partial charge is 0.227 e. The van der Waals surface area contributed by atoms with Crippen LogP contribution in [0.15, 0.2) is 36.9 Å². The minimum atomic E-state index is -0.424. The molecule has 0 unspecified atom stereocenters. The Bertz CT molecular complexity index is 772. The first kappa shape index (κ1) is 18.2. The molecule has 2 heterocycles. The highest BCUT2D eigenvalue weighted by molar-refractivity contribution is 5.79. The van der Waals surface area contributed by atoms with Crippen LogP contribution >= 0.6 is 0 Å². The van der Waals surface area contributed by atoms with Crippen molar-refractivity contribution >= 4 is 5.91 Å². The SMILES string of the molecule is CC(C)c1ccc(CC(=O)N2C[C@H]3C[C@@H](n4cncn4)[C@H](O)C[C@H]3C2)cc1. The van der Waals surface area contributed by atoms with Crippen molar-refractivity contribution in [1.82, 2.24) is 19.7 Å². The highest BCUT2D eigenvalue weighted by Gasteiger charge is 2.43. The Morgan fingerprint density at radius 1 is 1.19 bits per heavy atom. The van der Waals surface area contributed by atoms with Gasteiger partial charge in [0.05, 0.1) is 18.6 Å². The molecule has 0 radical (unpaired) electrons. The number of hydrogen-bond donors (Lipinski definition) is 1. The van der Waals surface area contributed by atoms with Crippen molar-refractivity contribution in [2.45, 2.75) is 51.2 Å². The maximum Gasteiger partial charge on any atom is 0.227 e. The minimum absolute atomic E-state index is 0.0348. The monoisotopic (exact) mass is 368 g/mol. The van der Waals surface area contributed by atoms with Crippen molar-refractivity contribution < 1.29 is 9.90 Å². The van der Waals surface area contributed by atoms with Crippen molar-refractivity contribution in [3.63, 3.8) is 0 Å². The molecule has 6 heteroatoms. The number of benzene rings is 1. The Balaban J connectivity index is 1.38. The molecule has 1 aliphatic heterocycles. The molecule has 0 spiro atoms. The van der Waals surface area contributed by atoms with E-state index in [0.717, 1.165) is 31.5 Å². The zero-order valence-corrected chi connectivity index (χ0v) is 16.0. The summed E-state index contributed by atoms with van der Waals surface area (Å²) in [6.07, 6.45) is 4.78. The molecule has 144 valence electrons. The fourth-order valence-corrected chi connectivity index (χ4v) is 4.59. The number of aromatic nitrogens is 3. The van der Waals surface area contributed by atoms with Crippen molar-refractivity contribution in [2.75, 3.05) is 13.1 Å². The van der Waals surface area contributed by atoms with Gasteiger partial charge in [-0.05, 0) is 41.7 Å². The predicted octanol–water partition coefficient (Wildman–Crippen LogP) is 2.41. The summed E-state index contributed by atoms with van der Waals surface area (Å²) in [5.41, 5.74) is 2.37. The molecule has 1 saturated heterocycles. The topological polar surface area (TPSA) is 71.2 Å². The van der Waals surface area contributed by atoms with Gasteiger partial charge in [0, 0.05) is 13.1 Å². The Kier molecular flexibility index (Phi) is 5.00. The molecule has 1 aliphatic carbocycles. The minimum Gasteiger partial charge on any atom is -0.391 e. The van der Waals surface area contributed by atoms with E-state index in [0.29, 0.717) is 24.2 Å². The fourth-order valence-electron chi connectivity index (χ4n) is 4.59. The van der Waals surface area contributed by atoms with Gasteiger partial charge in [0.2, 0.25) is 5.91 Å². The number of likely N-dealkylation sites (tertiary alicyclic amines) is 1. The number of amides is 1. The van der Waals surface area contributed by atoms with Crippen molar-refractivity contribution in [2.24, 2.45) is 11.8 Å². The third-order valence-electron chi connectivity index (χ3n) is 6.24. The third kappa shape index (κ3) is 3.76. The summed E-state index contributed by atoms with van der Waals surface area (Å²) >= 11 is 0. The summed E-state index contributed by atoms with van der Waals surface area (Å²) in [7, 11) is 0. The van der Waals surface area contributed by atoms with Crippen LogP contribution in [0.5, 0.6) is 0 Å². The summed E-state index contributed by atoms with van der Waals surface area (Å²) in [4.78, 5) is 18.8. The normalized spacial score (nSPS) is 27.8. The largest absolute Gasteiger partial charge is 0.391 e. The molecule has 1 amide bonds. The third-order valence-corrected chi connectivity index (χ3v) is 6.24. The van der Waals surface area contributed by atoms with Gasteiger partial charge in [-0.1, -0.05) is 38.1 Å². The van der Waals surface area contributed by atoms with Crippen LogP contribution in [-0.2, 0) is 11.2 Å². The number of rotatable bonds is 4. The van der Waals surface area contributed by atoms with Gasteiger partial charge in [0.15, 0.2) is 0 Å². The molecule has 1 aromatic carbocycles. The van der Waals surface area contributed by atoms with E-state index in [1.165, 1.54) is 11.9 Å². The number of hydrogen-bond acceptors (Lipinski definition) is 4. The van der Waals surface area contributed by atoms with E-state index >= 15 is 0 Å². The van der Waals surface area contributed by atoms with Gasteiger partial charge in [-0.15, -0.1) is 0 Å². The van der Waals surface area contributed by atoms with Gasteiger partial charge in [0.1, 0.15) is 12.7 Å². The average Bonchev–Trinajstić information content (AvgIpc) is 3.30. The van der Waals surface area contributed by atoms with Crippen LogP contribution in [-0.4, -0.2) is 49.9 Å². The van der Waals surface area contributed by atoms with Crippen LogP contribution in [0.3, 0.4) is 0 Å². The van der Waals surface area contributed by atoms with E-state index in [9.17, 15) is 9.90 Å².